The number of para-hydroxylation sites is 1. The van der Waals surface area contributed by atoms with Gasteiger partial charge < -0.3 is 9.47 Å². The number of ether oxygens (including phenoxy) is 2. The lowest BCUT2D eigenvalue weighted by Crippen LogP contribution is -2.43. The molecule has 2 aromatic rings. The zero-order valence-corrected chi connectivity index (χ0v) is 17.2. The van der Waals surface area contributed by atoms with Gasteiger partial charge in [-0.1, -0.05) is 50.8 Å². The van der Waals surface area contributed by atoms with Crippen molar-refractivity contribution in [3.63, 3.8) is 0 Å². The first-order valence-corrected chi connectivity index (χ1v) is 10.1. The first-order chi connectivity index (χ1) is 14.1. The predicted molar refractivity (Wildman–Crippen MR) is 113 cm³/mol. The van der Waals surface area contributed by atoms with Crippen LogP contribution in [0.1, 0.15) is 54.9 Å². The van der Waals surface area contributed by atoms with Crippen LogP contribution in [0.5, 0.6) is 11.5 Å². The van der Waals surface area contributed by atoms with Crippen molar-refractivity contribution in [2.45, 2.75) is 46.0 Å². The van der Waals surface area contributed by atoms with Gasteiger partial charge in [-0.3, -0.25) is 20.4 Å². The highest BCUT2D eigenvalue weighted by molar-refractivity contribution is 5.95. The molecule has 0 bridgehead atoms. The standard InChI is InChI=1S/C23H30N2O4/c1-3-4-5-6-9-16-28-20-14-12-19(13-15-20)23(27)25-24-22(26)17-29-21-11-8-7-10-18(21)2/h7-8,10-15H,3-6,9,16-17H2,1-2H3,(H,24,26)(H,25,27). The lowest BCUT2D eigenvalue weighted by atomic mass is 10.2. The average Bonchev–Trinajstić information content (AvgIpc) is 2.74. The minimum Gasteiger partial charge on any atom is -0.494 e. The van der Waals surface area contributed by atoms with Crippen LogP contribution in [0, 0.1) is 6.92 Å². The lowest BCUT2D eigenvalue weighted by Gasteiger charge is -2.10. The van der Waals surface area contributed by atoms with Crippen molar-refractivity contribution in [3.8, 4) is 11.5 Å². The summed E-state index contributed by atoms with van der Waals surface area (Å²) in [6.07, 6.45) is 5.92. The van der Waals surface area contributed by atoms with Gasteiger partial charge in [-0.05, 0) is 49.2 Å². The summed E-state index contributed by atoms with van der Waals surface area (Å²) in [5, 5.41) is 0. The van der Waals surface area contributed by atoms with Gasteiger partial charge in [0.25, 0.3) is 11.8 Å². The number of aryl methyl sites for hydroxylation is 1. The third-order valence-corrected chi connectivity index (χ3v) is 4.40. The quantitative estimate of drug-likeness (QED) is 0.440. The van der Waals surface area contributed by atoms with E-state index >= 15 is 0 Å². The zero-order valence-electron chi connectivity index (χ0n) is 17.2. The molecule has 2 aromatic carbocycles. The number of rotatable bonds is 11. The molecule has 0 fully saturated rings. The van der Waals surface area contributed by atoms with Gasteiger partial charge in [0.1, 0.15) is 11.5 Å². The van der Waals surface area contributed by atoms with E-state index in [0.717, 1.165) is 17.7 Å². The number of nitrogens with one attached hydrogen (secondary N) is 2. The fourth-order valence-electron chi connectivity index (χ4n) is 2.69. The molecule has 2 rings (SSSR count). The second-order valence-electron chi connectivity index (χ2n) is 6.84. The van der Waals surface area contributed by atoms with Crippen molar-refractivity contribution in [2.24, 2.45) is 0 Å². The molecule has 0 heterocycles. The highest BCUT2D eigenvalue weighted by Gasteiger charge is 2.09. The summed E-state index contributed by atoms with van der Waals surface area (Å²) >= 11 is 0. The number of carbonyl (C=O) groups excluding carboxylic acids is 2. The molecule has 2 amide bonds. The number of hydrazine groups is 1. The zero-order chi connectivity index (χ0) is 20.9. The normalized spacial score (nSPS) is 10.3. The van der Waals surface area contributed by atoms with E-state index in [0.29, 0.717) is 17.9 Å². The van der Waals surface area contributed by atoms with Crippen LogP contribution in [-0.2, 0) is 4.79 Å². The lowest BCUT2D eigenvalue weighted by molar-refractivity contribution is -0.123. The van der Waals surface area contributed by atoms with Crippen LogP contribution in [0.2, 0.25) is 0 Å². The van der Waals surface area contributed by atoms with E-state index in [1.807, 2.05) is 25.1 Å². The Kier molecular flexibility index (Phi) is 9.55. The Labute approximate surface area is 172 Å². The first-order valence-electron chi connectivity index (χ1n) is 10.1. The summed E-state index contributed by atoms with van der Waals surface area (Å²) in [7, 11) is 0. The number of benzene rings is 2. The van der Waals surface area contributed by atoms with Gasteiger partial charge in [0.15, 0.2) is 6.61 Å². The van der Waals surface area contributed by atoms with Crippen LogP contribution < -0.4 is 20.3 Å². The third-order valence-electron chi connectivity index (χ3n) is 4.40. The molecule has 6 heteroatoms. The van der Waals surface area contributed by atoms with Crippen LogP contribution in [0.4, 0.5) is 0 Å². The molecule has 156 valence electrons. The van der Waals surface area contributed by atoms with Crippen molar-refractivity contribution >= 4 is 11.8 Å². The second-order valence-corrected chi connectivity index (χ2v) is 6.84. The summed E-state index contributed by atoms with van der Waals surface area (Å²) in [6.45, 7) is 4.58. The Hall–Kier alpha value is -3.02. The average molecular weight is 399 g/mol. The van der Waals surface area contributed by atoms with Gasteiger partial charge >= 0.3 is 0 Å². The Bertz CT molecular complexity index is 775. The van der Waals surface area contributed by atoms with Gasteiger partial charge in [0.05, 0.1) is 6.61 Å². The summed E-state index contributed by atoms with van der Waals surface area (Å²) < 4.78 is 11.1. The summed E-state index contributed by atoms with van der Waals surface area (Å²) in [4.78, 5) is 24.0. The van der Waals surface area contributed by atoms with Gasteiger partial charge in [-0.25, -0.2) is 0 Å². The van der Waals surface area contributed by atoms with Crippen LogP contribution in [0.25, 0.3) is 0 Å². The van der Waals surface area contributed by atoms with E-state index in [4.69, 9.17) is 9.47 Å². The molecule has 0 aliphatic rings. The molecule has 0 atom stereocenters. The Morgan fingerprint density at radius 2 is 1.59 bits per heavy atom. The van der Waals surface area contributed by atoms with Crippen molar-refractivity contribution in [1.82, 2.24) is 10.9 Å². The van der Waals surface area contributed by atoms with Gasteiger partial charge in [-0.15, -0.1) is 0 Å². The molecule has 0 aliphatic heterocycles. The van der Waals surface area contributed by atoms with Gasteiger partial charge in [-0.2, -0.15) is 0 Å². The molecule has 0 spiro atoms. The number of hydrogen-bond acceptors (Lipinski definition) is 4. The fraction of sp³-hybridized carbons (Fsp3) is 0.391. The van der Waals surface area contributed by atoms with Crippen molar-refractivity contribution in [3.05, 3.63) is 59.7 Å². The summed E-state index contributed by atoms with van der Waals surface area (Å²) in [6, 6.07) is 14.3. The number of unbranched alkanes of at least 4 members (excludes halogenated alkanes) is 4. The number of carbonyl (C=O) groups is 2. The first kappa shape index (κ1) is 22.3. The number of hydrogen-bond donors (Lipinski definition) is 2. The maximum atomic E-state index is 12.1. The molecule has 0 saturated heterocycles. The van der Waals surface area contributed by atoms with Crippen LogP contribution in [0.3, 0.4) is 0 Å². The van der Waals surface area contributed by atoms with Crippen molar-refractivity contribution < 1.29 is 19.1 Å². The molecule has 0 aromatic heterocycles. The van der Waals surface area contributed by atoms with Crippen molar-refractivity contribution in [1.29, 1.82) is 0 Å². The summed E-state index contributed by atoms with van der Waals surface area (Å²) in [5.74, 6) is 0.521. The predicted octanol–water partition coefficient (Wildman–Crippen LogP) is 4.18. The largest absolute Gasteiger partial charge is 0.494 e. The van der Waals surface area contributed by atoms with Gasteiger partial charge in [0.2, 0.25) is 0 Å². The smallest absolute Gasteiger partial charge is 0.276 e. The minimum absolute atomic E-state index is 0.184. The molecule has 0 aliphatic carbocycles. The van der Waals surface area contributed by atoms with Crippen LogP contribution in [-0.4, -0.2) is 25.0 Å². The van der Waals surface area contributed by atoms with Crippen molar-refractivity contribution in [2.75, 3.05) is 13.2 Å². The SMILES string of the molecule is CCCCCCCOc1ccc(C(=O)NNC(=O)COc2ccccc2C)cc1. The topological polar surface area (TPSA) is 76.7 Å². The van der Waals surface area contributed by atoms with E-state index in [9.17, 15) is 9.59 Å². The molecule has 6 nitrogen and oxygen atoms in total. The Morgan fingerprint density at radius 3 is 2.31 bits per heavy atom. The molecule has 2 N–H and O–H groups in total. The number of amides is 2. The van der Waals surface area contributed by atoms with E-state index < -0.39 is 11.8 Å². The monoisotopic (exact) mass is 398 g/mol. The minimum atomic E-state index is -0.440. The van der Waals surface area contributed by atoms with E-state index in [1.54, 1.807) is 30.3 Å². The Balaban J connectivity index is 1.68. The molecule has 29 heavy (non-hydrogen) atoms. The maximum absolute atomic E-state index is 12.1. The molecule has 0 saturated carbocycles. The van der Waals surface area contributed by atoms with E-state index in [1.165, 1.54) is 25.7 Å². The molecular formula is C23H30N2O4. The fourth-order valence-corrected chi connectivity index (χ4v) is 2.69. The third kappa shape index (κ3) is 8.25. The van der Waals surface area contributed by atoms with E-state index in [-0.39, 0.29) is 6.61 Å². The second kappa shape index (κ2) is 12.4. The van der Waals surface area contributed by atoms with E-state index in [2.05, 4.69) is 17.8 Å². The van der Waals surface area contributed by atoms with Gasteiger partial charge in [0, 0.05) is 5.56 Å². The summed E-state index contributed by atoms with van der Waals surface area (Å²) in [5.41, 5.74) is 6.10. The molecule has 0 unspecified atom stereocenters. The Morgan fingerprint density at radius 1 is 0.862 bits per heavy atom. The molecular weight excluding hydrogens is 368 g/mol. The highest BCUT2D eigenvalue weighted by Crippen LogP contribution is 2.16. The van der Waals surface area contributed by atoms with Crippen LogP contribution in [0.15, 0.2) is 48.5 Å². The molecule has 0 radical (unpaired) electrons. The highest BCUT2D eigenvalue weighted by atomic mass is 16.5. The maximum Gasteiger partial charge on any atom is 0.276 e. The van der Waals surface area contributed by atoms with Crippen LogP contribution >= 0.6 is 0 Å².